The van der Waals surface area contributed by atoms with Crippen LogP contribution in [0.4, 0.5) is 0 Å². The minimum atomic E-state index is 0.0956. The fourth-order valence-corrected chi connectivity index (χ4v) is 6.96. The fourth-order valence-electron chi connectivity index (χ4n) is 3.91. The van der Waals surface area contributed by atoms with Gasteiger partial charge in [0, 0.05) is 0 Å². The normalized spacial score (nSPS) is 21.5. The third-order valence-electron chi connectivity index (χ3n) is 5.53. The molecule has 0 aromatic rings. The average molecular weight is 429 g/mol. The summed E-state index contributed by atoms with van der Waals surface area (Å²) in [5.74, 6) is 1.09. The van der Waals surface area contributed by atoms with E-state index < -0.39 is 0 Å². The molecule has 2 fully saturated rings. The second-order valence-electron chi connectivity index (χ2n) is 7.63. The van der Waals surface area contributed by atoms with Gasteiger partial charge in [0.15, 0.2) is 0 Å². The molecule has 136 valence electrons. The van der Waals surface area contributed by atoms with Gasteiger partial charge in [-0.15, -0.1) is 0 Å². The van der Waals surface area contributed by atoms with Gasteiger partial charge >= 0.3 is 76.0 Å². The van der Waals surface area contributed by atoms with Gasteiger partial charge in [-0.05, 0) is 25.7 Å². The number of unbranched alkanes of at least 4 members (excludes halogenated alkanes) is 1. The topological polar surface area (TPSA) is 9.23 Å². The van der Waals surface area contributed by atoms with Crippen molar-refractivity contribution in [1.29, 1.82) is 0 Å². The molecule has 0 spiro atoms. The Hall–Kier alpha value is 0.759. The fraction of sp³-hybridized carbons (Fsp3) is 1.00. The molecule has 0 N–H and O–H groups in total. The summed E-state index contributed by atoms with van der Waals surface area (Å²) in [5, 5.41) is 0. The van der Waals surface area contributed by atoms with E-state index >= 15 is 0 Å². The van der Waals surface area contributed by atoms with Crippen LogP contribution in [0.3, 0.4) is 0 Å². The quantitative estimate of drug-likeness (QED) is 0.376. The van der Waals surface area contributed by atoms with E-state index in [-0.39, 0.29) is 21.1 Å². The zero-order chi connectivity index (χ0) is 16.8. The maximum absolute atomic E-state index is 6.13. The molecule has 0 aromatic heterocycles. The molecule has 1 unspecified atom stereocenters. The van der Waals surface area contributed by atoms with Crippen molar-refractivity contribution in [2.45, 2.75) is 125 Å². The second kappa shape index (κ2) is 15.0. The molecule has 2 rings (SSSR count). The second-order valence-corrected chi connectivity index (χ2v) is 10.8. The van der Waals surface area contributed by atoms with Crippen LogP contribution in [0.25, 0.3) is 0 Å². The van der Waals surface area contributed by atoms with Crippen molar-refractivity contribution in [1.82, 2.24) is 0 Å². The van der Waals surface area contributed by atoms with E-state index in [1.807, 2.05) is 0 Å². The van der Waals surface area contributed by atoms with E-state index in [1.54, 1.807) is 4.44 Å². The zero-order valence-electron chi connectivity index (χ0n) is 16.2. The Labute approximate surface area is 156 Å². The number of ether oxygens (including phenoxy) is 1. The summed E-state index contributed by atoms with van der Waals surface area (Å²) in [6.45, 7) is 4.63. The van der Waals surface area contributed by atoms with E-state index in [0.717, 1.165) is 5.92 Å². The van der Waals surface area contributed by atoms with Gasteiger partial charge in [-0.25, -0.2) is 0 Å². The van der Waals surface area contributed by atoms with E-state index in [9.17, 15) is 0 Å². The molecular formula is C21H42OSn. The van der Waals surface area contributed by atoms with E-state index in [0.29, 0.717) is 12.2 Å². The van der Waals surface area contributed by atoms with Gasteiger partial charge in [-0.3, -0.25) is 0 Å². The Morgan fingerprint density at radius 2 is 1.39 bits per heavy atom. The van der Waals surface area contributed by atoms with Crippen LogP contribution in [-0.2, 0) is 4.74 Å². The maximum atomic E-state index is 6.13. The predicted molar refractivity (Wildman–Crippen MR) is 105 cm³/mol. The number of rotatable bonds is 8. The van der Waals surface area contributed by atoms with Gasteiger partial charge in [0.2, 0.25) is 0 Å². The molecule has 2 radical (unpaired) electrons. The van der Waals surface area contributed by atoms with Crippen molar-refractivity contribution in [3.8, 4) is 0 Å². The van der Waals surface area contributed by atoms with Crippen LogP contribution in [0.1, 0.15) is 104 Å². The van der Waals surface area contributed by atoms with Crippen LogP contribution < -0.4 is 0 Å². The van der Waals surface area contributed by atoms with Crippen molar-refractivity contribution >= 4 is 21.1 Å². The third kappa shape index (κ3) is 11.1. The molecule has 0 heterocycles. The van der Waals surface area contributed by atoms with Crippen molar-refractivity contribution in [3.63, 3.8) is 0 Å². The molecule has 1 nitrogen and oxygen atoms in total. The van der Waals surface area contributed by atoms with E-state index in [2.05, 4.69) is 18.8 Å². The van der Waals surface area contributed by atoms with Gasteiger partial charge in [-0.2, -0.15) is 0 Å². The average Bonchev–Trinajstić information content (AvgIpc) is 2.61. The number of hydrogen-bond donors (Lipinski definition) is 0. The molecule has 0 aromatic carbocycles. The van der Waals surface area contributed by atoms with Crippen molar-refractivity contribution < 1.29 is 4.74 Å². The van der Waals surface area contributed by atoms with Crippen molar-refractivity contribution in [3.05, 3.63) is 0 Å². The Kier molecular flexibility index (Phi) is 14.3. The Balaban J connectivity index is 0.000000241. The molecule has 0 amide bonds. The Morgan fingerprint density at radius 3 is 1.78 bits per heavy atom. The summed E-state index contributed by atoms with van der Waals surface area (Å²) in [6.07, 6.45) is 20.8. The first-order chi connectivity index (χ1) is 11.3. The molecule has 0 bridgehead atoms. The zero-order valence-corrected chi connectivity index (χ0v) is 19.1. The minimum absolute atomic E-state index is 0.0956. The van der Waals surface area contributed by atoms with Crippen molar-refractivity contribution in [2.75, 3.05) is 0 Å². The van der Waals surface area contributed by atoms with Gasteiger partial charge < -0.3 is 4.74 Å². The molecule has 0 saturated heterocycles. The monoisotopic (exact) mass is 430 g/mol. The van der Waals surface area contributed by atoms with Gasteiger partial charge in [0.05, 0.1) is 12.2 Å². The molecule has 23 heavy (non-hydrogen) atoms. The molecule has 2 heteroatoms. The SMILES string of the molecule is C1CCC(OC2CCCCC2)CC1.CCCCC(CC)[CH2][Sn][CH3]. The molecule has 0 aliphatic heterocycles. The van der Waals surface area contributed by atoms with Crippen LogP contribution in [0.2, 0.25) is 9.38 Å². The van der Waals surface area contributed by atoms with Crippen LogP contribution in [0, 0.1) is 5.92 Å². The standard InChI is InChI=1S/C12H22O.C8H17.CH3.Sn/c1-3-7-11(8-4-1)13-12-9-5-2-6-10-12;1-4-6-7-8(3)5-2;;/h11-12H,1-10H2;8H,3-7H2,1-2H3;1H3;. The van der Waals surface area contributed by atoms with Crippen molar-refractivity contribution in [2.24, 2.45) is 5.92 Å². The van der Waals surface area contributed by atoms with Gasteiger partial charge in [0.25, 0.3) is 0 Å². The summed E-state index contributed by atoms with van der Waals surface area (Å²) in [7, 11) is 0. The Morgan fingerprint density at radius 1 is 0.870 bits per heavy atom. The van der Waals surface area contributed by atoms with Crippen LogP contribution in [0.15, 0.2) is 0 Å². The summed E-state index contributed by atoms with van der Waals surface area (Å²) in [6, 6.07) is 0. The third-order valence-corrected chi connectivity index (χ3v) is 8.34. The first-order valence-electron chi connectivity index (χ1n) is 10.6. The summed E-state index contributed by atoms with van der Waals surface area (Å²) < 4.78 is 7.74. The molecule has 2 aliphatic rings. The first kappa shape index (κ1) is 21.8. The van der Waals surface area contributed by atoms with E-state index in [4.69, 9.17) is 4.74 Å². The summed E-state index contributed by atoms with van der Waals surface area (Å²) in [4.78, 5) is 2.46. The molecular weight excluding hydrogens is 387 g/mol. The van der Waals surface area contributed by atoms with Gasteiger partial charge in [0.1, 0.15) is 0 Å². The Bertz CT molecular complexity index is 228. The first-order valence-corrected chi connectivity index (χ1v) is 15.5. The molecule has 2 aliphatic carbocycles. The predicted octanol–water partition coefficient (Wildman–Crippen LogP) is 7.04. The molecule has 2 saturated carbocycles. The molecule has 1 atom stereocenters. The van der Waals surface area contributed by atoms with Crippen LogP contribution in [0.5, 0.6) is 0 Å². The van der Waals surface area contributed by atoms with Crippen LogP contribution in [-0.4, -0.2) is 33.4 Å². The summed E-state index contributed by atoms with van der Waals surface area (Å²) >= 11 is 0.0956. The van der Waals surface area contributed by atoms with Crippen LogP contribution >= 0.6 is 0 Å². The van der Waals surface area contributed by atoms with Gasteiger partial charge in [-0.1, -0.05) is 38.5 Å². The number of hydrogen-bond acceptors (Lipinski definition) is 1. The summed E-state index contributed by atoms with van der Waals surface area (Å²) in [5.41, 5.74) is 0. The van der Waals surface area contributed by atoms with E-state index in [1.165, 1.54) is 89.9 Å².